The summed E-state index contributed by atoms with van der Waals surface area (Å²) in [6.45, 7) is 0. The highest BCUT2D eigenvalue weighted by Crippen LogP contribution is 2.28. The Hall–Kier alpha value is -3.34. The van der Waals surface area contributed by atoms with Gasteiger partial charge in [-0.15, -0.1) is 0 Å². The predicted molar refractivity (Wildman–Crippen MR) is 93.4 cm³/mol. The summed E-state index contributed by atoms with van der Waals surface area (Å²) >= 11 is 0. The van der Waals surface area contributed by atoms with Crippen molar-refractivity contribution in [2.24, 2.45) is 0 Å². The standard InChI is InChI=1S/C19H14N4O/c1-24-14-8-6-13(7-9-14)18-21-12-17-19-20-10-11-22(19)15-4-2-3-5-16(15)23(17)18/h2-12H,1H3. The third kappa shape index (κ3) is 1.69. The van der Waals surface area contributed by atoms with Gasteiger partial charge in [-0.2, -0.15) is 0 Å². The summed E-state index contributed by atoms with van der Waals surface area (Å²) in [5.74, 6) is 1.73. The van der Waals surface area contributed by atoms with Gasteiger partial charge in [0.1, 0.15) is 17.1 Å². The highest BCUT2D eigenvalue weighted by molar-refractivity contribution is 5.89. The third-order valence-corrected chi connectivity index (χ3v) is 4.36. The Bertz CT molecular complexity index is 1180. The first-order valence-corrected chi connectivity index (χ1v) is 7.72. The van der Waals surface area contributed by atoms with E-state index >= 15 is 0 Å². The molecule has 0 radical (unpaired) electrons. The predicted octanol–water partition coefficient (Wildman–Crippen LogP) is 3.81. The van der Waals surface area contributed by atoms with Gasteiger partial charge in [-0.3, -0.25) is 8.80 Å². The molecule has 0 aliphatic heterocycles. The van der Waals surface area contributed by atoms with E-state index in [2.05, 4.69) is 30.9 Å². The largest absolute Gasteiger partial charge is 0.497 e. The Morgan fingerprint density at radius 2 is 1.67 bits per heavy atom. The van der Waals surface area contributed by atoms with E-state index in [1.807, 2.05) is 55.0 Å². The van der Waals surface area contributed by atoms with Crippen molar-refractivity contribution >= 4 is 22.2 Å². The van der Waals surface area contributed by atoms with Gasteiger partial charge in [0.25, 0.3) is 0 Å². The van der Waals surface area contributed by atoms with Crippen molar-refractivity contribution in [1.29, 1.82) is 0 Å². The maximum absolute atomic E-state index is 5.25. The van der Waals surface area contributed by atoms with Gasteiger partial charge < -0.3 is 4.74 Å². The molecule has 2 aromatic carbocycles. The summed E-state index contributed by atoms with van der Waals surface area (Å²) in [5.41, 5.74) is 5.13. The van der Waals surface area contributed by atoms with Crippen LogP contribution >= 0.6 is 0 Å². The van der Waals surface area contributed by atoms with Crippen LogP contribution < -0.4 is 4.74 Å². The molecule has 0 saturated carbocycles. The Morgan fingerprint density at radius 1 is 0.875 bits per heavy atom. The number of rotatable bonds is 2. The summed E-state index contributed by atoms with van der Waals surface area (Å²) in [5, 5.41) is 0. The van der Waals surface area contributed by atoms with Crippen molar-refractivity contribution in [3.63, 3.8) is 0 Å². The molecule has 0 bridgehead atoms. The molecule has 0 saturated heterocycles. The van der Waals surface area contributed by atoms with Crippen molar-refractivity contribution in [1.82, 2.24) is 18.8 Å². The van der Waals surface area contributed by atoms with Crippen LogP contribution in [0.5, 0.6) is 5.75 Å². The van der Waals surface area contributed by atoms with Crippen molar-refractivity contribution in [3.8, 4) is 17.1 Å². The number of imidazole rings is 2. The lowest BCUT2D eigenvalue weighted by molar-refractivity contribution is 0.415. The minimum Gasteiger partial charge on any atom is -0.497 e. The van der Waals surface area contributed by atoms with Crippen molar-refractivity contribution in [2.45, 2.75) is 0 Å². The number of para-hydroxylation sites is 2. The maximum Gasteiger partial charge on any atom is 0.163 e. The van der Waals surface area contributed by atoms with Gasteiger partial charge in [-0.25, -0.2) is 9.97 Å². The summed E-state index contributed by atoms with van der Waals surface area (Å²) < 4.78 is 9.52. The average Bonchev–Trinajstić information content (AvgIpc) is 3.29. The first kappa shape index (κ1) is 13.1. The van der Waals surface area contributed by atoms with E-state index in [1.165, 1.54) is 0 Å². The van der Waals surface area contributed by atoms with Crippen LogP contribution in [-0.4, -0.2) is 25.9 Å². The molecule has 0 aliphatic rings. The fraction of sp³-hybridized carbons (Fsp3) is 0.0526. The van der Waals surface area contributed by atoms with Crippen LogP contribution in [0.25, 0.3) is 33.6 Å². The molecular weight excluding hydrogens is 300 g/mol. The minimum atomic E-state index is 0.833. The first-order valence-electron chi connectivity index (χ1n) is 7.72. The van der Waals surface area contributed by atoms with Gasteiger partial charge in [0.2, 0.25) is 0 Å². The second-order valence-corrected chi connectivity index (χ2v) is 5.64. The van der Waals surface area contributed by atoms with Crippen LogP contribution in [0.3, 0.4) is 0 Å². The Labute approximate surface area is 137 Å². The molecule has 24 heavy (non-hydrogen) atoms. The molecule has 116 valence electrons. The normalized spacial score (nSPS) is 11.5. The number of fused-ring (bicyclic) bond motifs is 6. The second kappa shape index (κ2) is 4.83. The van der Waals surface area contributed by atoms with Crippen LogP contribution in [0.15, 0.2) is 67.1 Å². The lowest BCUT2D eigenvalue weighted by Crippen LogP contribution is -1.98. The molecule has 0 N–H and O–H groups in total. The fourth-order valence-corrected chi connectivity index (χ4v) is 3.24. The Morgan fingerprint density at radius 3 is 2.46 bits per heavy atom. The summed E-state index contributed by atoms with van der Waals surface area (Å²) in [4.78, 5) is 9.18. The molecule has 0 aliphatic carbocycles. The lowest BCUT2D eigenvalue weighted by atomic mass is 10.2. The molecule has 5 heteroatoms. The van der Waals surface area contributed by atoms with Gasteiger partial charge >= 0.3 is 0 Å². The topological polar surface area (TPSA) is 43.8 Å². The van der Waals surface area contributed by atoms with Gasteiger partial charge in [-0.05, 0) is 36.4 Å². The van der Waals surface area contributed by atoms with E-state index in [4.69, 9.17) is 4.74 Å². The van der Waals surface area contributed by atoms with Crippen LogP contribution in [0.2, 0.25) is 0 Å². The Kier molecular flexibility index (Phi) is 2.64. The van der Waals surface area contributed by atoms with Crippen molar-refractivity contribution in [3.05, 3.63) is 67.1 Å². The zero-order valence-corrected chi connectivity index (χ0v) is 13.0. The molecule has 3 aromatic heterocycles. The maximum atomic E-state index is 5.25. The van der Waals surface area contributed by atoms with Gasteiger partial charge in [-0.1, -0.05) is 12.1 Å². The number of ether oxygens (including phenoxy) is 1. The van der Waals surface area contributed by atoms with Crippen molar-refractivity contribution in [2.75, 3.05) is 7.11 Å². The van der Waals surface area contributed by atoms with Crippen LogP contribution in [-0.2, 0) is 0 Å². The molecule has 0 atom stereocenters. The highest BCUT2D eigenvalue weighted by Gasteiger charge is 2.14. The number of hydrogen-bond acceptors (Lipinski definition) is 3. The third-order valence-electron chi connectivity index (χ3n) is 4.36. The number of aromatic nitrogens is 4. The summed E-state index contributed by atoms with van der Waals surface area (Å²) in [7, 11) is 1.67. The molecular formula is C19H14N4O. The van der Waals surface area contributed by atoms with Crippen LogP contribution in [0, 0.1) is 0 Å². The smallest absolute Gasteiger partial charge is 0.163 e. The number of hydrogen-bond donors (Lipinski definition) is 0. The number of benzene rings is 2. The van der Waals surface area contributed by atoms with E-state index in [0.29, 0.717) is 0 Å². The van der Waals surface area contributed by atoms with E-state index in [9.17, 15) is 0 Å². The monoisotopic (exact) mass is 314 g/mol. The second-order valence-electron chi connectivity index (χ2n) is 5.64. The zero-order chi connectivity index (χ0) is 16.1. The molecule has 5 nitrogen and oxygen atoms in total. The van der Waals surface area contributed by atoms with E-state index in [1.54, 1.807) is 7.11 Å². The summed E-state index contributed by atoms with van der Waals surface area (Å²) in [6, 6.07) is 16.2. The van der Waals surface area contributed by atoms with Crippen molar-refractivity contribution < 1.29 is 4.74 Å². The van der Waals surface area contributed by atoms with E-state index in [-0.39, 0.29) is 0 Å². The Balaban J connectivity index is 1.92. The highest BCUT2D eigenvalue weighted by atomic mass is 16.5. The SMILES string of the molecule is COc1ccc(-c2ncc3c4nccn4c4ccccc4n23)cc1. The lowest BCUT2D eigenvalue weighted by Gasteiger charge is -2.09. The fourth-order valence-electron chi connectivity index (χ4n) is 3.24. The quantitative estimate of drug-likeness (QED) is 0.497. The van der Waals surface area contributed by atoms with Crippen LogP contribution in [0.1, 0.15) is 0 Å². The average molecular weight is 314 g/mol. The molecule has 5 rings (SSSR count). The first-order chi connectivity index (χ1) is 11.9. The molecule has 3 heterocycles. The van der Waals surface area contributed by atoms with Crippen LogP contribution in [0.4, 0.5) is 0 Å². The van der Waals surface area contributed by atoms with E-state index in [0.717, 1.165) is 39.3 Å². The summed E-state index contributed by atoms with van der Waals surface area (Å²) in [6.07, 6.45) is 5.69. The zero-order valence-electron chi connectivity index (χ0n) is 13.0. The molecule has 0 spiro atoms. The molecule has 0 unspecified atom stereocenters. The van der Waals surface area contributed by atoms with Gasteiger partial charge in [0.15, 0.2) is 5.65 Å². The number of methoxy groups -OCH3 is 1. The molecule has 5 aromatic rings. The number of nitrogens with zero attached hydrogens (tertiary/aromatic N) is 4. The molecule has 0 fully saturated rings. The minimum absolute atomic E-state index is 0.833. The molecule has 0 amide bonds. The van der Waals surface area contributed by atoms with Gasteiger partial charge in [0.05, 0.1) is 24.3 Å². The van der Waals surface area contributed by atoms with Gasteiger partial charge in [0, 0.05) is 18.0 Å². The van der Waals surface area contributed by atoms with E-state index < -0.39 is 0 Å².